The molecule has 0 saturated heterocycles. The summed E-state index contributed by atoms with van der Waals surface area (Å²) in [5, 5.41) is 11.4. The molecule has 1 N–H and O–H groups in total. The summed E-state index contributed by atoms with van der Waals surface area (Å²) < 4.78 is 0. The number of carbonyl (C=O) groups excluding carboxylic acids is 1. The van der Waals surface area contributed by atoms with Gasteiger partial charge < -0.3 is 10.0 Å². The molecule has 1 aromatic heterocycles. The average Bonchev–Trinajstić information content (AvgIpc) is 2.59. The maximum Gasteiger partial charge on any atom is 0.333 e. The first-order valence-corrected chi connectivity index (χ1v) is 5.77. The maximum atomic E-state index is 11.3. The number of hydrogen-bond acceptors (Lipinski definition) is 4. The van der Waals surface area contributed by atoms with E-state index in [0.29, 0.717) is 11.6 Å². The van der Waals surface area contributed by atoms with Crippen molar-refractivity contribution in [2.75, 3.05) is 6.54 Å². The molecular weight excluding hydrogens is 228 g/mol. The van der Waals surface area contributed by atoms with Gasteiger partial charge in [-0.1, -0.05) is 0 Å². The highest BCUT2D eigenvalue weighted by Gasteiger charge is 2.30. The molecule has 16 heavy (non-hydrogen) atoms. The maximum absolute atomic E-state index is 11.3. The smallest absolute Gasteiger partial charge is 0.333 e. The Morgan fingerprint density at radius 1 is 1.62 bits per heavy atom. The van der Waals surface area contributed by atoms with Crippen molar-refractivity contribution in [3.05, 3.63) is 16.1 Å². The number of carboxylic acid groups (broad SMARTS) is 1. The van der Waals surface area contributed by atoms with E-state index >= 15 is 0 Å². The van der Waals surface area contributed by atoms with Gasteiger partial charge in [-0.2, -0.15) is 0 Å². The second kappa shape index (κ2) is 5.07. The van der Waals surface area contributed by atoms with Crippen LogP contribution in [0.5, 0.6) is 0 Å². The average molecular weight is 242 g/mol. The third-order valence-corrected chi connectivity index (χ3v) is 3.18. The largest absolute Gasteiger partial charge is 0.479 e. The molecule has 0 saturated carbocycles. The SMILES string of the molecule is CCN(C(C)=O)C(C(=O)O)c1nc(C)cs1. The van der Waals surface area contributed by atoms with Crippen LogP contribution in [0.2, 0.25) is 0 Å². The fraction of sp³-hybridized carbons (Fsp3) is 0.500. The molecule has 0 aliphatic rings. The number of carboxylic acids is 1. The standard InChI is InChI=1S/C10H14N2O3S/c1-4-12(7(3)13)8(10(14)15)9-11-6(2)5-16-9/h5,8H,4H2,1-3H3,(H,14,15). The minimum absolute atomic E-state index is 0.261. The van der Waals surface area contributed by atoms with Crippen LogP contribution in [0.25, 0.3) is 0 Å². The molecule has 1 rings (SSSR count). The van der Waals surface area contributed by atoms with E-state index in [1.54, 1.807) is 19.2 Å². The number of likely N-dealkylation sites (N-methyl/N-ethyl adjacent to an activating group) is 1. The van der Waals surface area contributed by atoms with Crippen LogP contribution in [0.15, 0.2) is 5.38 Å². The van der Waals surface area contributed by atoms with Gasteiger partial charge >= 0.3 is 5.97 Å². The number of thiazole rings is 1. The number of hydrogen-bond donors (Lipinski definition) is 1. The molecule has 1 heterocycles. The molecule has 6 heteroatoms. The number of aryl methyl sites for hydroxylation is 1. The van der Waals surface area contributed by atoms with E-state index in [0.717, 1.165) is 5.69 Å². The number of carbonyl (C=O) groups is 2. The number of aromatic nitrogens is 1. The Hall–Kier alpha value is -1.43. The van der Waals surface area contributed by atoms with E-state index in [1.807, 2.05) is 0 Å². The van der Waals surface area contributed by atoms with Gasteiger partial charge in [0.2, 0.25) is 5.91 Å². The van der Waals surface area contributed by atoms with Crippen molar-refractivity contribution < 1.29 is 14.7 Å². The van der Waals surface area contributed by atoms with Gasteiger partial charge in [-0.05, 0) is 13.8 Å². The third-order valence-electron chi connectivity index (χ3n) is 2.16. The van der Waals surface area contributed by atoms with Crippen molar-refractivity contribution in [2.45, 2.75) is 26.8 Å². The monoisotopic (exact) mass is 242 g/mol. The zero-order valence-corrected chi connectivity index (χ0v) is 10.2. The lowest BCUT2D eigenvalue weighted by Gasteiger charge is -2.24. The van der Waals surface area contributed by atoms with Crippen molar-refractivity contribution in [1.82, 2.24) is 9.88 Å². The van der Waals surface area contributed by atoms with Gasteiger partial charge in [-0.25, -0.2) is 9.78 Å². The molecule has 0 aliphatic carbocycles. The Morgan fingerprint density at radius 3 is 2.56 bits per heavy atom. The van der Waals surface area contributed by atoms with Crippen LogP contribution in [0.3, 0.4) is 0 Å². The van der Waals surface area contributed by atoms with Crippen LogP contribution < -0.4 is 0 Å². The first-order valence-electron chi connectivity index (χ1n) is 4.89. The van der Waals surface area contributed by atoms with Crippen LogP contribution in [0, 0.1) is 6.92 Å². The Bertz CT molecular complexity index is 403. The lowest BCUT2D eigenvalue weighted by Crippen LogP contribution is -2.37. The molecule has 1 atom stereocenters. The zero-order valence-electron chi connectivity index (χ0n) is 9.43. The lowest BCUT2D eigenvalue weighted by atomic mass is 10.2. The van der Waals surface area contributed by atoms with Gasteiger partial charge in [0.25, 0.3) is 0 Å². The minimum Gasteiger partial charge on any atom is -0.479 e. The van der Waals surface area contributed by atoms with Crippen molar-refractivity contribution in [3.63, 3.8) is 0 Å². The molecule has 0 radical (unpaired) electrons. The molecule has 1 amide bonds. The summed E-state index contributed by atoms with van der Waals surface area (Å²) in [5.74, 6) is -1.31. The number of amides is 1. The lowest BCUT2D eigenvalue weighted by molar-refractivity contribution is -0.149. The molecule has 1 aromatic rings. The van der Waals surface area contributed by atoms with Crippen LogP contribution in [-0.2, 0) is 9.59 Å². The van der Waals surface area contributed by atoms with Gasteiger partial charge in [-0.3, -0.25) is 4.79 Å². The van der Waals surface area contributed by atoms with Crippen LogP contribution >= 0.6 is 11.3 Å². The van der Waals surface area contributed by atoms with Gasteiger partial charge in [0, 0.05) is 24.5 Å². The highest BCUT2D eigenvalue weighted by atomic mass is 32.1. The summed E-state index contributed by atoms with van der Waals surface area (Å²) >= 11 is 1.26. The minimum atomic E-state index is -1.05. The second-order valence-corrected chi connectivity index (χ2v) is 4.26. The van der Waals surface area contributed by atoms with E-state index in [2.05, 4.69) is 4.98 Å². The predicted molar refractivity (Wildman–Crippen MR) is 60.3 cm³/mol. The Labute approximate surface area is 97.7 Å². The molecule has 88 valence electrons. The highest BCUT2D eigenvalue weighted by Crippen LogP contribution is 2.24. The molecule has 0 fully saturated rings. The van der Waals surface area contributed by atoms with Crippen LogP contribution in [0.1, 0.15) is 30.6 Å². The first kappa shape index (κ1) is 12.6. The second-order valence-electron chi connectivity index (χ2n) is 3.37. The predicted octanol–water partition coefficient (Wildman–Crippen LogP) is 1.45. The summed E-state index contributed by atoms with van der Waals surface area (Å²) in [6, 6.07) is -0.971. The van der Waals surface area contributed by atoms with E-state index in [4.69, 9.17) is 5.11 Å². The van der Waals surface area contributed by atoms with E-state index in [1.165, 1.54) is 23.2 Å². The topological polar surface area (TPSA) is 70.5 Å². The molecular formula is C10H14N2O3S. The van der Waals surface area contributed by atoms with Gasteiger partial charge in [-0.15, -0.1) is 11.3 Å². The third kappa shape index (κ3) is 2.57. The van der Waals surface area contributed by atoms with Crippen LogP contribution in [0.4, 0.5) is 0 Å². The Kier molecular flexibility index (Phi) is 4.00. The van der Waals surface area contributed by atoms with Crippen molar-refractivity contribution in [1.29, 1.82) is 0 Å². The first-order chi connectivity index (χ1) is 7.47. The van der Waals surface area contributed by atoms with Crippen LogP contribution in [-0.4, -0.2) is 33.4 Å². The Morgan fingerprint density at radius 2 is 2.25 bits per heavy atom. The van der Waals surface area contributed by atoms with Crippen molar-refractivity contribution in [3.8, 4) is 0 Å². The summed E-state index contributed by atoms with van der Waals surface area (Å²) in [6.45, 7) is 5.26. The molecule has 0 bridgehead atoms. The van der Waals surface area contributed by atoms with E-state index in [-0.39, 0.29) is 5.91 Å². The highest BCUT2D eigenvalue weighted by molar-refractivity contribution is 7.09. The normalized spacial score (nSPS) is 12.2. The summed E-state index contributed by atoms with van der Waals surface area (Å²) in [4.78, 5) is 27.9. The number of aliphatic carboxylic acids is 1. The summed E-state index contributed by atoms with van der Waals surface area (Å²) in [6.07, 6.45) is 0. The number of rotatable bonds is 4. The molecule has 0 aliphatic heterocycles. The van der Waals surface area contributed by atoms with Gasteiger partial charge in [0.05, 0.1) is 0 Å². The van der Waals surface area contributed by atoms with E-state index < -0.39 is 12.0 Å². The number of nitrogens with zero attached hydrogens (tertiary/aromatic N) is 2. The molecule has 0 aromatic carbocycles. The van der Waals surface area contributed by atoms with Crippen molar-refractivity contribution in [2.24, 2.45) is 0 Å². The molecule has 0 spiro atoms. The zero-order chi connectivity index (χ0) is 12.3. The van der Waals surface area contributed by atoms with Gasteiger partial charge in [0.1, 0.15) is 5.01 Å². The summed E-state index contributed by atoms with van der Waals surface area (Å²) in [7, 11) is 0. The molecule has 1 unspecified atom stereocenters. The van der Waals surface area contributed by atoms with E-state index in [9.17, 15) is 9.59 Å². The van der Waals surface area contributed by atoms with Crippen molar-refractivity contribution >= 4 is 23.2 Å². The fourth-order valence-corrected chi connectivity index (χ4v) is 2.35. The van der Waals surface area contributed by atoms with Gasteiger partial charge in [0.15, 0.2) is 6.04 Å². The quantitative estimate of drug-likeness (QED) is 0.867. The Balaban J connectivity index is 3.08. The summed E-state index contributed by atoms with van der Waals surface area (Å²) in [5.41, 5.74) is 0.769. The fourth-order valence-electron chi connectivity index (χ4n) is 1.46. The molecule has 5 nitrogen and oxygen atoms in total.